The van der Waals surface area contributed by atoms with Gasteiger partial charge in [0.25, 0.3) is 10.0 Å². The van der Waals surface area contributed by atoms with Gasteiger partial charge in [-0.1, -0.05) is 18.2 Å². The number of para-hydroxylation sites is 1. The average molecular weight is 376 g/mol. The summed E-state index contributed by atoms with van der Waals surface area (Å²) in [5.41, 5.74) is 2.95. The first-order valence-electron chi connectivity index (χ1n) is 8.74. The Kier molecular flexibility index (Phi) is 4.84. The van der Waals surface area contributed by atoms with Gasteiger partial charge in [0.05, 0.1) is 12.3 Å². The van der Waals surface area contributed by atoms with E-state index >= 15 is 0 Å². The minimum atomic E-state index is -3.89. The van der Waals surface area contributed by atoms with Gasteiger partial charge in [0, 0.05) is 25.0 Å². The van der Waals surface area contributed by atoms with Crippen molar-refractivity contribution in [2.24, 2.45) is 7.05 Å². The molecule has 0 amide bonds. The Hall–Kier alpha value is -2.28. The number of fused-ring (bicyclic) bond motifs is 1. The number of ether oxygens (including phenoxy) is 1. The molecule has 26 heavy (non-hydrogen) atoms. The van der Waals surface area contributed by atoms with Gasteiger partial charge >= 0.3 is 5.97 Å². The van der Waals surface area contributed by atoms with Crippen molar-refractivity contribution in [1.29, 1.82) is 0 Å². The quantitative estimate of drug-likeness (QED) is 0.770. The van der Waals surface area contributed by atoms with Crippen molar-refractivity contribution in [3.05, 3.63) is 46.8 Å². The highest BCUT2D eigenvalue weighted by Gasteiger charge is 2.37. The lowest BCUT2D eigenvalue weighted by molar-refractivity contribution is 0.0521. The van der Waals surface area contributed by atoms with E-state index in [2.05, 4.69) is 0 Å². The minimum Gasteiger partial charge on any atom is -0.462 e. The molecule has 1 aromatic heterocycles. The smallest absolute Gasteiger partial charge is 0.341 e. The second-order valence-electron chi connectivity index (χ2n) is 6.46. The maximum atomic E-state index is 13.6. The van der Waals surface area contributed by atoms with Crippen molar-refractivity contribution in [3.63, 3.8) is 0 Å². The molecular formula is C19H24N2O4S. The fourth-order valence-corrected chi connectivity index (χ4v) is 5.56. The van der Waals surface area contributed by atoms with E-state index in [4.69, 9.17) is 4.74 Å². The van der Waals surface area contributed by atoms with Gasteiger partial charge in [-0.05, 0) is 45.2 Å². The Morgan fingerprint density at radius 1 is 1.19 bits per heavy atom. The number of aryl methyl sites for hydroxylation is 1. The number of sulfonamides is 1. The molecule has 0 spiro atoms. The predicted molar refractivity (Wildman–Crippen MR) is 100 cm³/mol. The van der Waals surface area contributed by atoms with Crippen LogP contribution < -0.4 is 4.31 Å². The zero-order valence-electron chi connectivity index (χ0n) is 15.6. The Morgan fingerprint density at radius 2 is 1.88 bits per heavy atom. The first-order chi connectivity index (χ1) is 12.3. The van der Waals surface area contributed by atoms with Crippen LogP contribution in [0.15, 0.2) is 29.2 Å². The number of benzene rings is 1. The van der Waals surface area contributed by atoms with Gasteiger partial charge in [0.1, 0.15) is 10.5 Å². The maximum absolute atomic E-state index is 13.6. The highest BCUT2D eigenvalue weighted by Crippen LogP contribution is 2.35. The summed E-state index contributed by atoms with van der Waals surface area (Å²) in [6.45, 7) is 5.76. The molecule has 0 aliphatic carbocycles. The summed E-state index contributed by atoms with van der Waals surface area (Å²) in [7, 11) is -2.13. The van der Waals surface area contributed by atoms with Crippen LogP contribution in [0.5, 0.6) is 0 Å². The summed E-state index contributed by atoms with van der Waals surface area (Å²) < 4.78 is 35.4. The second kappa shape index (κ2) is 6.79. The molecule has 0 unspecified atom stereocenters. The molecule has 6 nitrogen and oxygen atoms in total. The number of aromatic nitrogens is 1. The van der Waals surface area contributed by atoms with E-state index in [1.54, 1.807) is 32.4 Å². The third-order valence-electron chi connectivity index (χ3n) is 5.02. The number of nitrogens with zero attached hydrogens (tertiary/aromatic N) is 2. The van der Waals surface area contributed by atoms with E-state index < -0.39 is 16.0 Å². The van der Waals surface area contributed by atoms with E-state index in [9.17, 15) is 13.2 Å². The van der Waals surface area contributed by atoms with Gasteiger partial charge in [-0.3, -0.25) is 4.31 Å². The Bertz CT molecular complexity index is 960. The molecule has 1 aliphatic rings. The van der Waals surface area contributed by atoms with Crippen molar-refractivity contribution in [3.8, 4) is 0 Å². The summed E-state index contributed by atoms with van der Waals surface area (Å²) in [6, 6.07) is 7.52. The Labute approximate surface area is 154 Å². The Morgan fingerprint density at radius 3 is 2.58 bits per heavy atom. The molecule has 0 radical (unpaired) electrons. The van der Waals surface area contributed by atoms with Crippen LogP contribution in [-0.4, -0.2) is 32.1 Å². The molecule has 0 N–H and O–H groups in total. The maximum Gasteiger partial charge on any atom is 0.341 e. The zero-order chi connectivity index (χ0) is 19.1. The van der Waals surface area contributed by atoms with Crippen LogP contribution in [0.2, 0.25) is 0 Å². The second-order valence-corrected chi connectivity index (χ2v) is 8.26. The van der Waals surface area contributed by atoms with Crippen molar-refractivity contribution in [2.75, 3.05) is 17.5 Å². The van der Waals surface area contributed by atoms with Crippen LogP contribution >= 0.6 is 0 Å². The topological polar surface area (TPSA) is 68.6 Å². The molecule has 0 saturated carbocycles. The van der Waals surface area contributed by atoms with Gasteiger partial charge < -0.3 is 9.30 Å². The summed E-state index contributed by atoms with van der Waals surface area (Å²) in [5, 5.41) is 0. The lowest BCUT2D eigenvalue weighted by Gasteiger charge is -2.30. The van der Waals surface area contributed by atoms with Crippen LogP contribution in [0.3, 0.4) is 0 Å². The lowest BCUT2D eigenvalue weighted by atomic mass is 10.0. The number of esters is 1. The number of rotatable bonds is 4. The molecule has 140 valence electrons. The summed E-state index contributed by atoms with van der Waals surface area (Å²) >= 11 is 0. The van der Waals surface area contributed by atoms with E-state index in [1.807, 2.05) is 24.3 Å². The number of anilines is 1. The highest BCUT2D eigenvalue weighted by molar-refractivity contribution is 7.93. The molecule has 0 atom stereocenters. The van der Waals surface area contributed by atoms with Crippen LogP contribution in [0, 0.1) is 13.8 Å². The molecule has 0 fully saturated rings. The van der Waals surface area contributed by atoms with Crippen molar-refractivity contribution in [2.45, 2.75) is 38.5 Å². The fourth-order valence-electron chi connectivity index (χ4n) is 3.54. The van der Waals surface area contributed by atoms with Crippen molar-refractivity contribution < 1.29 is 17.9 Å². The largest absolute Gasteiger partial charge is 0.462 e. The van der Waals surface area contributed by atoms with Crippen LogP contribution in [0.25, 0.3) is 0 Å². The number of hydrogen-bond acceptors (Lipinski definition) is 4. The first-order valence-corrected chi connectivity index (χ1v) is 10.2. The van der Waals surface area contributed by atoms with E-state index in [-0.39, 0.29) is 17.1 Å². The first kappa shape index (κ1) is 18.5. The van der Waals surface area contributed by atoms with E-state index in [0.717, 1.165) is 18.4 Å². The summed E-state index contributed by atoms with van der Waals surface area (Å²) in [4.78, 5) is 12.6. The lowest BCUT2D eigenvalue weighted by Crippen LogP contribution is -2.36. The normalized spacial score (nSPS) is 14.2. The molecule has 0 bridgehead atoms. The van der Waals surface area contributed by atoms with Crippen LogP contribution in [0.4, 0.5) is 5.69 Å². The third kappa shape index (κ3) is 2.80. The van der Waals surface area contributed by atoms with Gasteiger partial charge in [-0.2, -0.15) is 0 Å². The summed E-state index contributed by atoms with van der Waals surface area (Å²) in [5.74, 6) is -0.599. The number of carbonyl (C=O) groups is 1. The van der Waals surface area contributed by atoms with Gasteiger partial charge in [-0.25, -0.2) is 13.2 Å². The average Bonchev–Trinajstić information content (AvgIpc) is 2.86. The molecule has 0 saturated heterocycles. The number of carbonyl (C=O) groups excluding carboxylic acids is 1. The molecule has 2 aromatic rings. The van der Waals surface area contributed by atoms with Crippen molar-refractivity contribution in [1.82, 2.24) is 4.57 Å². The predicted octanol–water partition coefficient (Wildman–Crippen LogP) is 2.96. The van der Waals surface area contributed by atoms with Crippen LogP contribution in [-0.2, 0) is 28.2 Å². The monoisotopic (exact) mass is 376 g/mol. The van der Waals surface area contributed by atoms with Gasteiger partial charge in [0.2, 0.25) is 0 Å². The molecule has 7 heteroatoms. The molecule has 3 rings (SSSR count). The number of hydrogen-bond donors (Lipinski definition) is 0. The highest BCUT2D eigenvalue weighted by atomic mass is 32.2. The minimum absolute atomic E-state index is 0.0488. The van der Waals surface area contributed by atoms with Crippen LogP contribution in [0.1, 0.15) is 40.7 Å². The zero-order valence-corrected chi connectivity index (χ0v) is 16.4. The molecule has 1 aliphatic heterocycles. The summed E-state index contributed by atoms with van der Waals surface area (Å²) in [6.07, 6.45) is 1.59. The third-order valence-corrected chi connectivity index (χ3v) is 6.99. The Balaban J connectivity index is 2.21. The van der Waals surface area contributed by atoms with E-state index in [1.165, 1.54) is 4.31 Å². The standard InChI is InChI=1S/C19H24N2O4S/c1-5-25-19(22)17-13(2)20(4)14(3)18(17)26(23,24)21-12-8-10-15-9-6-7-11-16(15)21/h6-7,9,11H,5,8,10,12H2,1-4H3. The van der Waals surface area contributed by atoms with Gasteiger partial charge in [0.15, 0.2) is 0 Å². The molecule has 2 heterocycles. The van der Waals surface area contributed by atoms with Crippen molar-refractivity contribution >= 4 is 21.7 Å². The van der Waals surface area contributed by atoms with E-state index in [0.29, 0.717) is 23.6 Å². The fraction of sp³-hybridized carbons (Fsp3) is 0.421. The molecule has 1 aromatic carbocycles. The molecular weight excluding hydrogens is 352 g/mol. The van der Waals surface area contributed by atoms with Gasteiger partial charge in [-0.15, -0.1) is 0 Å². The SMILES string of the molecule is CCOC(=O)c1c(S(=O)(=O)N2CCCc3ccccc32)c(C)n(C)c1C.